The van der Waals surface area contributed by atoms with Crippen molar-refractivity contribution in [2.45, 2.75) is 13.3 Å². The Morgan fingerprint density at radius 2 is 1.94 bits per heavy atom. The zero-order valence-electron chi connectivity index (χ0n) is 9.85. The number of allylic oxidation sites excluding steroid dienone is 1. The van der Waals surface area contributed by atoms with Gasteiger partial charge in [-0.25, -0.2) is 9.97 Å². The van der Waals surface area contributed by atoms with E-state index in [2.05, 4.69) is 16.5 Å². The number of hydrogen-bond acceptors (Lipinski definition) is 3. The van der Waals surface area contributed by atoms with Crippen LogP contribution in [0.2, 0.25) is 0 Å². The van der Waals surface area contributed by atoms with Gasteiger partial charge in [-0.1, -0.05) is 36.4 Å². The first-order valence-corrected chi connectivity index (χ1v) is 5.51. The smallest absolute Gasteiger partial charge is 0.161 e. The summed E-state index contributed by atoms with van der Waals surface area (Å²) in [5.74, 6) is 1.21. The van der Waals surface area contributed by atoms with E-state index in [-0.39, 0.29) is 0 Å². The first-order valence-electron chi connectivity index (χ1n) is 5.51. The van der Waals surface area contributed by atoms with Crippen LogP contribution in [0.3, 0.4) is 0 Å². The molecule has 3 heteroatoms. The molecule has 2 aromatic rings. The Morgan fingerprint density at radius 3 is 2.53 bits per heavy atom. The zero-order chi connectivity index (χ0) is 12.3. The fourth-order valence-electron chi connectivity index (χ4n) is 1.73. The maximum atomic E-state index is 5.95. The summed E-state index contributed by atoms with van der Waals surface area (Å²) in [7, 11) is 0. The molecule has 0 saturated carbocycles. The molecule has 0 aliphatic heterocycles. The van der Waals surface area contributed by atoms with Crippen LogP contribution in [0.5, 0.6) is 0 Å². The highest BCUT2D eigenvalue weighted by Crippen LogP contribution is 2.20. The molecule has 0 fully saturated rings. The van der Waals surface area contributed by atoms with Gasteiger partial charge in [0, 0.05) is 16.8 Å². The highest BCUT2D eigenvalue weighted by atomic mass is 15.0. The molecule has 86 valence electrons. The van der Waals surface area contributed by atoms with Gasteiger partial charge in [-0.2, -0.15) is 0 Å². The van der Waals surface area contributed by atoms with E-state index < -0.39 is 0 Å². The van der Waals surface area contributed by atoms with Crippen molar-refractivity contribution in [1.29, 1.82) is 0 Å². The van der Waals surface area contributed by atoms with Crippen LogP contribution in [0, 0.1) is 6.92 Å². The van der Waals surface area contributed by atoms with Gasteiger partial charge in [-0.3, -0.25) is 0 Å². The number of nitrogens with two attached hydrogens (primary N) is 1. The Bertz CT molecular complexity index is 509. The Labute approximate surface area is 101 Å². The molecule has 1 heterocycles. The second-order valence-electron chi connectivity index (χ2n) is 3.86. The Morgan fingerprint density at radius 1 is 1.24 bits per heavy atom. The molecule has 0 unspecified atom stereocenters. The normalized spacial score (nSPS) is 10.2. The lowest BCUT2D eigenvalue weighted by Gasteiger charge is -2.08. The number of aryl methyl sites for hydroxylation is 1. The van der Waals surface area contributed by atoms with Crippen molar-refractivity contribution in [2.24, 2.45) is 0 Å². The van der Waals surface area contributed by atoms with Crippen molar-refractivity contribution >= 4 is 5.82 Å². The molecule has 0 amide bonds. The fourth-order valence-corrected chi connectivity index (χ4v) is 1.73. The van der Waals surface area contributed by atoms with Gasteiger partial charge in [-0.05, 0) is 13.3 Å². The van der Waals surface area contributed by atoms with Gasteiger partial charge in [0.25, 0.3) is 0 Å². The van der Waals surface area contributed by atoms with Crippen LogP contribution in [-0.2, 0) is 6.42 Å². The van der Waals surface area contributed by atoms with Crippen molar-refractivity contribution in [3.63, 3.8) is 0 Å². The van der Waals surface area contributed by atoms with Crippen molar-refractivity contribution < 1.29 is 0 Å². The van der Waals surface area contributed by atoms with E-state index in [0.717, 1.165) is 16.8 Å². The average Bonchev–Trinajstić information content (AvgIpc) is 2.35. The van der Waals surface area contributed by atoms with Crippen LogP contribution in [0.4, 0.5) is 5.82 Å². The summed E-state index contributed by atoms with van der Waals surface area (Å²) in [6.07, 6.45) is 2.51. The maximum absolute atomic E-state index is 5.95. The number of anilines is 1. The second kappa shape index (κ2) is 4.78. The number of nitrogen functional groups attached to an aromatic ring is 1. The average molecular weight is 225 g/mol. The molecule has 1 aromatic carbocycles. The van der Waals surface area contributed by atoms with Crippen molar-refractivity contribution in [2.75, 3.05) is 5.73 Å². The fraction of sp³-hybridized carbons (Fsp3) is 0.143. The van der Waals surface area contributed by atoms with E-state index >= 15 is 0 Å². The van der Waals surface area contributed by atoms with Crippen LogP contribution in [-0.4, -0.2) is 9.97 Å². The molecule has 0 bridgehead atoms. The van der Waals surface area contributed by atoms with Crippen LogP contribution in [0.1, 0.15) is 11.3 Å². The van der Waals surface area contributed by atoms with E-state index in [0.29, 0.717) is 18.1 Å². The van der Waals surface area contributed by atoms with E-state index in [4.69, 9.17) is 5.73 Å². The minimum absolute atomic E-state index is 0.538. The van der Waals surface area contributed by atoms with E-state index in [1.54, 1.807) is 0 Å². The molecule has 17 heavy (non-hydrogen) atoms. The summed E-state index contributed by atoms with van der Waals surface area (Å²) in [6.45, 7) is 5.66. The monoisotopic (exact) mass is 225 g/mol. The van der Waals surface area contributed by atoms with Gasteiger partial charge in [0.1, 0.15) is 5.82 Å². The van der Waals surface area contributed by atoms with Crippen LogP contribution >= 0.6 is 0 Å². The SMILES string of the molecule is C=CCc1c(C)nc(-c2ccccc2)nc1N. The molecule has 0 aliphatic carbocycles. The maximum Gasteiger partial charge on any atom is 0.161 e. The molecule has 2 N–H and O–H groups in total. The van der Waals surface area contributed by atoms with Gasteiger partial charge < -0.3 is 5.73 Å². The van der Waals surface area contributed by atoms with Crippen molar-refractivity contribution in [1.82, 2.24) is 9.97 Å². The molecule has 0 atom stereocenters. The number of rotatable bonds is 3. The number of nitrogens with zero attached hydrogens (tertiary/aromatic N) is 2. The van der Waals surface area contributed by atoms with Crippen LogP contribution < -0.4 is 5.73 Å². The summed E-state index contributed by atoms with van der Waals surface area (Å²) in [5, 5.41) is 0. The standard InChI is InChI=1S/C14H15N3/c1-3-7-12-10(2)16-14(17-13(12)15)11-8-5-4-6-9-11/h3-6,8-9H,1,7H2,2H3,(H2,15,16,17). The summed E-state index contributed by atoms with van der Waals surface area (Å²) < 4.78 is 0. The zero-order valence-corrected chi connectivity index (χ0v) is 9.85. The van der Waals surface area contributed by atoms with E-state index in [1.165, 1.54) is 0 Å². The predicted molar refractivity (Wildman–Crippen MR) is 70.5 cm³/mol. The van der Waals surface area contributed by atoms with Gasteiger partial charge in [-0.15, -0.1) is 6.58 Å². The minimum atomic E-state index is 0.538. The summed E-state index contributed by atoms with van der Waals surface area (Å²) in [5.41, 5.74) is 8.80. The Balaban J connectivity index is 2.49. The van der Waals surface area contributed by atoms with Crippen LogP contribution in [0.25, 0.3) is 11.4 Å². The molecular formula is C14H15N3. The summed E-state index contributed by atoms with van der Waals surface area (Å²) >= 11 is 0. The first-order chi connectivity index (χ1) is 8.22. The number of aromatic nitrogens is 2. The third-order valence-electron chi connectivity index (χ3n) is 2.63. The first kappa shape index (κ1) is 11.3. The Kier molecular flexibility index (Phi) is 3.19. The predicted octanol–water partition coefficient (Wildman–Crippen LogP) is 2.76. The topological polar surface area (TPSA) is 51.8 Å². The lowest BCUT2D eigenvalue weighted by molar-refractivity contribution is 1.05. The number of hydrogen-bond donors (Lipinski definition) is 1. The second-order valence-corrected chi connectivity index (χ2v) is 3.86. The van der Waals surface area contributed by atoms with Crippen molar-refractivity contribution in [3.05, 3.63) is 54.2 Å². The minimum Gasteiger partial charge on any atom is -0.383 e. The molecule has 0 spiro atoms. The van der Waals surface area contributed by atoms with Gasteiger partial charge in [0.05, 0.1) is 0 Å². The van der Waals surface area contributed by atoms with Gasteiger partial charge in [0.2, 0.25) is 0 Å². The highest BCUT2D eigenvalue weighted by Gasteiger charge is 2.08. The lowest BCUT2D eigenvalue weighted by atomic mass is 10.1. The van der Waals surface area contributed by atoms with E-state index in [9.17, 15) is 0 Å². The van der Waals surface area contributed by atoms with Gasteiger partial charge in [0.15, 0.2) is 5.82 Å². The highest BCUT2D eigenvalue weighted by molar-refractivity contribution is 5.58. The summed E-state index contributed by atoms with van der Waals surface area (Å²) in [6, 6.07) is 9.83. The molecule has 3 nitrogen and oxygen atoms in total. The molecular weight excluding hydrogens is 210 g/mol. The van der Waals surface area contributed by atoms with Crippen molar-refractivity contribution in [3.8, 4) is 11.4 Å². The molecule has 2 rings (SSSR count). The third-order valence-corrected chi connectivity index (χ3v) is 2.63. The van der Waals surface area contributed by atoms with E-state index in [1.807, 2.05) is 43.3 Å². The third kappa shape index (κ3) is 2.33. The molecule has 0 radical (unpaired) electrons. The Hall–Kier alpha value is -2.16. The lowest BCUT2D eigenvalue weighted by Crippen LogP contribution is -2.04. The van der Waals surface area contributed by atoms with Crippen LogP contribution in [0.15, 0.2) is 43.0 Å². The molecule has 0 saturated heterocycles. The van der Waals surface area contributed by atoms with Gasteiger partial charge >= 0.3 is 0 Å². The largest absolute Gasteiger partial charge is 0.383 e. The molecule has 0 aliphatic rings. The number of benzene rings is 1. The summed E-state index contributed by atoms with van der Waals surface area (Å²) in [4.78, 5) is 8.83. The molecule has 1 aromatic heterocycles. The quantitative estimate of drug-likeness (QED) is 0.817.